The van der Waals surface area contributed by atoms with Crippen LogP contribution in [0.1, 0.15) is 44.6 Å². The first-order valence-corrected chi connectivity index (χ1v) is 11.8. The summed E-state index contributed by atoms with van der Waals surface area (Å²) in [6.07, 6.45) is 7.84. The minimum absolute atomic E-state index is 0.0276. The minimum Gasteiger partial charge on any atom is -0.454 e. The number of imidazole rings is 1. The smallest absolute Gasteiger partial charge is 0.253 e. The van der Waals surface area contributed by atoms with Crippen molar-refractivity contribution in [3.05, 3.63) is 54.1 Å². The highest BCUT2D eigenvalue weighted by Gasteiger charge is 2.40. The molecule has 6 rings (SSSR count). The average Bonchev–Trinajstić information content (AvgIpc) is 3.53. The number of carbonyl (C=O) groups excluding carboxylic acids is 2. The van der Waals surface area contributed by atoms with Crippen molar-refractivity contribution in [3.8, 4) is 11.5 Å². The third kappa shape index (κ3) is 3.69. The Bertz CT molecular complexity index is 1310. The van der Waals surface area contributed by atoms with Gasteiger partial charge in [-0.3, -0.25) is 19.1 Å². The first-order valence-electron chi connectivity index (χ1n) is 11.8. The van der Waals surface area contributed by atoms with E-state index in [1.165, 1.54) is 18.4 Å². The summed E-state index contributed by atoms with van der Waals surface area (Å²) < 4.78 is 12.6. The molecule has 34 heavy (non-hydrogen) atoms. The van der Waals surface area contributed by atoms with E-state index in [1.54, 1.807) is 23.1 Å². The van der Waals surface area contributed by atoms with Crippen LogP contribution in [0.15, 0.2) is 54.1 Å². The summed E-state index contributed by atoms with van der Waals surface area (Å²) in [5.74, 6) is 1.56. The molecular weight excluding hydrogens is 432 g/mol. The summed E-state index contributed by atoms with van der Waals surface area (Å²) in [4.78, 5) is 33.0. The van der Waals surface area contributed by atoms with Crippen LogP contribution in [0.4, 0.5) is 11.6 Å². The Morgan fingerprint density at radius 3 is 2.88 bits per heavy atom. The van der Waals surface area contributed by atoms with Crippen molar-refractivity contribution in [2.45, 2.75) is 44.6 Å². The van der Waals surface area contributed by atoms with Gasteiger partial charge < -0.3 is 14.8 Å². The standard InChI is InChI=1S/C26H26N4O4/c31-24(27-18-10-11-22-23(14-18)34-16-33-22)15-21-25(32)29(13-12-17-6-2-1-3-7-17)26-28-19-8-4-5-9-20(19)30(21)26/h4-6,8-11,14,21H,1-3,7,12-13,15-16H2,(H,27,31)/t21-/m1/s1. The van der Waals surface area contributed by atoms with E-state index < -0.39 is 6.04 Å². The number of nitrogens with zero attached hydrogens (tertiary/aromatic N) is 3. The van der Waals surface area contributed by atoms with Crippen LogP contribution in [-0.4, -0.2) is 34.7 Å². The van der Waals surface area contributed by atoms with Crippen molar-refractivity contribution in [1.82, 2.24) is 9.55 Å². The van der Waals surface area contributed by atoms with E-state index in [-0.39, 0.29) is 25.0 Å². The highest BCUT2D eigenvalue weighted by molar-refractivity contribution is 6.05. The lowest BCUT2D eigenvalue weighted by molar-refractivity contribution is -0.124. The van der Waals surface area contributed by atoms with Gasteiger partial charge >= 0.3 is 0 Å². The van der Waals surface area contributed by atoms with Crippen LogP contribution in [0.5, 0.6) is 11.5 Å². The second kappa shape index (κ2) is 8.52. The van der Waals surface area contributed by atoms with Crippen LogP contribution in [0, 0.1) is 0 Å². The molecule has 1 aliphatic carbocycles. The number of allylic oxidation sites excluding steroid dienone is 1. The van der Waals surface area contributed by atoms with Crippen LogP contribution >= 0.6 is 0 Å². The maximum atomic E-state index is 13.5. The summed E-state index contributed by atoms with van der Waals surface area (Å²) in [5.41, 5.74) is 3.71. The molecule has 2 amide bonds. The number of anilines is 2. The highest BCUT2D eigenvalue weighted by atomic mass is 16.7. The Morgan fingerprint density at radius 1 is 1.12 bits per heavy atom. The fourth-order valence-electron chi connectivity index (χ4n) is 5.06. The number of aromatic nitrogens is 2. The molecule has 8 heteroatoms. The largest absolute Gasteiger partial charge is 0.454 e. The molecule has 3 aromatic rings. The third-order valence-corrected chi connectivity index (χ3v) is 6.76. The second-order valence-corrected chi connectivity index (χ2v) is 8.95. The van der Waals surface area contributed by atoms with E-state index in [0.29, 0.717) is 29.7 Å². The zero-order valence-electron chi connectivity index (χ0n) is 18.8. The van der Waals surface area contributed by atoms with E-state index in [9.17, 15) is 9.59 Å². The molecule has 2 aromatic carbocycles. The van der Waals surface area contributed by atoms with Gasteiger partial charge in [-0.05, 0) is 56.4 Å². The lowest BCUT2D eigenvalue weighted by atomic mass is 9.97. The monoisotopic (exact) mass is 458 g/mol. The van der Waals surface area contributed by atoms with Gasteiger partial charge in [-0.1, -0.05) is 23.8 Å². The van der Waals surface area contributed by atoms with Crippen molar-refractivity contribution >= 4 is 34.5 Å². The number of rotatable bonds is 6. The number of hydrogen-bond acceptors (Lipinski definition) is 5. The third-order valence-electron chi connectivity index (χ3n) is 6.76. The summed E-state index contributed by atoms with van der Waals surface area (Å²) in [6, 6.07) is 12.4. The first kappa shape index (κ1) is 20.8. The SMILES string of the molecule is O=C(C[C@@H]1C(=O)N(CCC2=CCCCC2)c2nc3ccccc3n21)Nc1ccc2c(c1)OCO2. The van der Waals surface area contributed by atoms with Gasteiger partial charge in [0.05, 0.1) is 17.5 Å². The van der Waals surface area contributed by atoms with Gasteiger partial charge in [-0.25, -0.2) is 4.98 Å². The predicted octanol–water partition coefficient (Wildman–Crippen LogP) is 4.57. The van der Waals surface area contributed by atoms with Crippen LogP contribution < -0.4 is 19.7 Å². The second-order valence-electron chi connectivity index (χ2n) is 8.95. The number of benzene rings is 2. The van der Waals surface area contributed by atoms with Crippen molar-refractivity contribution in [1.29, 1.82) is 0 Å². The fourth-order valence-corrected chi connectivity index (χ4v) is 5.06. The Kier molecular flexibility index (Phi) is 5.20. The number of para-hydroxylation sites is 2. The number of hydrogen-bond donors (Lipinski definition) is 1. The van der Waals surface area contributed by atoms with Gasteiger partial charge in [0, 0.05) is 18.3 Å². The molecule has 0 saturated heterocycles. The minimum atomic E-state index is -0.628. The molecule has 0 saturated carbocycles. The molecule has 2 aliphatic heterocycles. The maximum Gasteiger partial charge on any atom is 0.253 e. The van der Waals surface area contributed by atoms with Gasteiger partial charge in [0.1, 0.15) is 6.04 Å². The molecule has 0 spiro atoms. The van der Waals surface area contributed by atoms with E-state index in [2.05, 4.69) is 11.4 Å². The quantitative estimate of drug-likeness (QED) is 0.547. The van der Waals surface area contributed by atoms with Gasteiger partial charge in [0.2, 0.25) is 18.6 Å². The van der Waals surface area contributed by atoms with Crippen molar-refractivity contribution in [2.24, 2.45) is 0 Å². The van der Waals surface area contributed by atoms with Crippen molar-refractivity contribution in [2.75, 3.05) is 23.6 Å². The Labute approximate surface area is 197 Å². The maximum absolute atomic E-state index is 13.5. The molecule has 3 aliphatic rings. The predicted molar refractivity (Wildman–Crippen MR) is 128 cm³/mol. The van der Waals surface area contributed by atoms with E-state index in [0.717, 1.165) is 30.3 Å². The molecule has 174 valence electrons. The summed E-state index contributed by atoms with van der Waals surface area (Å²) in [5, 5.41) is 2.90. The van der Waals surface area contributed by atoms with E-state index >= 15 is 0 Å². The van der Waals surface area contributed by atoms with Gasteiger partial charge in [-0.15, -0.1) is 0 Å². The van der Waals surface area contributed by atoms with E-state index in [1.807, 2.05) is 28.8 Å². The topological polar surface area (TPSA) is 85.7 Å². The van der Waals surface area contributed by atoms with E-state index in [4.69, 9.17) is 14.5 Å². The Morgan fingerprint density at radius 2 is 2.00 bits per heavy atom. The van der Waals surface area contributed by atoms with Crippen LogP contribution in [0.25, 0.3) is 11.0 Å². The highest BCUT2D eigenvalue weighted by Crippen LogP contribution is 2.38. The van der Waals surface area contributed by atoms with Crippen LogP contribution in [-0.2, 0) is 9.59 Å². The lowest BCUT2D eigenvalue weighted by Crippen LogP contribution is -2.32. The van der Waals surface area contributed by atoms with Crippen LogP contribution in [0.2, 0.25) is 0 Å². The lowest BCUT2D eigenvalue weighted by Gasteiger charge is -2.18. The van der Waals surface area contributed by atoms with Crippen molar-refractivity contribution < 1.29 is 19.1 Å². The van der Waals surface area contributed by atoms with Crippen molar-refractivity contribution in [3.63, 3.8) is 0 Å². The zero-order valence-corrected chi connectivity index (χ0v) is 18.8. The molecule has 1 N–H and O–H groups in total. The number of ether oxygens (including phenoxy) is 2. The molecule has 8 nitrogen and oxygen atoms in total. The normalized spacial score (nSPS) is 18.8. The molecule has 0 bridgehead atoms. The molecule has 0 fully saturated rings. The fraction of sp³-hybridized carbons (Fsp3) is 0.346. The van der Waals surface area contributed by atoms with Gasteiger partial charge in [-0.2, -0.15) is 0 Å². The molecule has 1 atom stereocenters. The molecule has 0 unspecified atom stereocenters. The zero-order chi connectivity index (χ0) is 23.1. The Balaban J connectivity index is 1.24. The average molecular weight is 459 g/mol. The molecule has 3 heterocycles. The summed E-state index contributed by atoms with van der Waals surface area (Å²) in [6.45, 7) is 0.751. The number of nitrogens with one attached hydrogen (secondary N) is 1. The molecule has 1 aromatic heterocycles. The number of carbonyl (C=O) groups is 2. The molecular formula is C26H26N4O4. The van der Waals surface area contributed by atoms with Gasteiger partial charge in [0.15, 0.2) is 11.5 Å². The number of fused-ring (bicyclic) bond motifs is 4. The van der Waals surface area contributed by atoms with Crippen LogP contribution in [0.3, 0.4) is 0 Å². The molecule has 0 radical (unpaired) electrons. The summed E-state index contributed by atoms with van der Waals surface area (Å²) in [7, 11) is 0. The summed E-state index contributed by atoms with van der Waals surface area (Å²) >= 11 is 0. The van der Waals surface area contributed by atoms with Gasteiger partial charge in [0.25, 0.3) is 5.91 Å². The Hall–Kier alpha value is -3.81. The first-order chi connectivity index (χ1) is 16.7. The number of amides is 2.